The summed E-state index contributed by atoms with van der Waals surface area (Å²) in [5.74, 6) is 1.87. The zero-order valence-corrected chi connectivity index (χ0v) is 22.7. The first-order valence-electron chi connectivity index (χ1n) is 14.1. The van der Waals surface area contributed by atoms with Gasteiger partial charge < -0.3 is 15.4 Å². The quantitative estimate of drug-likeness (QED) is 0.426. The molecule has 2 atom stereocenters. The molecule has 2 bridgehead atoms. The summed E-state index contributed by atoms with van der Waals surface area (Å²) in [5.41, 5.74) is 5.67. The molecular formula is C33H39N3O2. The fourth-order valence-electron chi connectivity index (χ4n) is 7.12. The molecule has 2 unspecified atom stereocenters. The molecule has 38 heavy (non-hydrogen) atoms. The second-order valence-electron chi connectivity index (χ2n) is 11.9. The van der Waals surface area contributed by atoms with Gasteiger partial charge in [0.1, 0.15) is 11.4 Å². The molecule has 3 saturated heterocycles. The molecule has 0 aliphatic carbocycles. The first-order valence-corrected chi connectivity index (χ1v) is 14.1. The topological polar surface area (TPSA) is 53.6 Å². The highest BCUT2D eigenvalue weighted by Gasteiger charge is 2.46. The first kappa shape index (κ1) is 25.1. The predicted molar refractivity (Wildman–Crippen MR) is 153 cm³/mol. The number of nitrogens with one attached hydrogen (secondary N) is 2. The number of carbonyl (C=O) groups excluding carboxylic acids is 1. The SMILES string of the molecule is CC(=O)Nc1cc(CNC2C3CCN(CC3)C2C(c2ccccc2)c2ccccc2)c2c(c1)CC(C)(C)O2. The fraction of sp³-hybridized carbons (Fsp3) is 0.424. The highest BCUT2D eigenvalue weighted by molar-refractivity contribution is 5.89. The Kier molecular flexibility index (Phi) is 6.75. The molecular weight excluding hydrogens is 470 g/mol. The predicted octanol–water partition coefficient (Wildman–Crippen LogP) is 5.74. The number of hydrogen-bond donors (Lipinski definition) is 2. The van der Waals surface area contributed by atoms with Crippen LogP contribution in [0.1, 0.15) is 61.8 Å². The number of benzene rings is 3. The van der Waals surface area contributed by atoms with E-state index in [-0.39, 0.29) is 11.5 Å². The minimum atomic E-state index is -0.240. The van der Waals surface area contributed by atoms with Crippen molar-refractivity contribution in [2.75, 3.05) is 18.4 Å². The van der Waals surface area contributed by atoms with Gasteiger partial charge in [0.05, 0.1) is 0 Å². The number of nitrogens with zero attached hydrogens (tertiary/aromatic N) is 1. The Bertz CT molecular complexity index is 1240. The highest BCUT2D eigenvalue weighted by Crippen LogP contribution is 2.43. The van der Waals surface area contributed by atoms with E-state index < -0.39 is 0 Å². The van der Waals surface area contributed by atoms with Gasteiger partial charge >= 0.3 is 0 Å². The standard InChI is InChI=1S/C33H39N3O2/c1-22(37)35-28-18-26-20-33(2,3)38-32(26)27(19-28)21-34-30-25-14-16-36(17-15-25)31(30)29(23-10-6-4-7-11-23)24-12-8-5-9-13-24/h4-13,18-19,25,29-31,34H,14-17,20-21H2,1-3H3,(H,35,37). The fourth-order valence-corrected chi connectivity index (χ4v) is 7.12. The van der Waals surface area contributed by atoms with Crippen molar-refractivity contribution in [1.82, 2.24) is 10.2 Å². The van der Waals surface area contributed by atoms with Gasteiger partial charge in [0.2, 0.25) is 5.91 Å². The molecule has 5 heteroatoms. The summed E-state index contributed by atoms with van der Waals surface area (Å²) in [6, 6.07) is 26.9. The van der Waals surface area contributed by atoms with Gasteiger partial charge in [-0.25, -0.2) is 0 Å². The van der Waals surface area contributed by atoms with E-state index in [1.165, 1.54) is 29.5 Å². The van der Waals surface area contributed by atoms with E-state index in [0.717, 1.165) is 36.5 Å². The van der Waals surface area contributed by atoms with Crippen molar-refractivity contribution in [2.24, 2.45) is 5.92 Å². The maximum absolute atomic E-state index is 11.9. The van der Waals surface area contributed by atoms with Crippen LogP contribution in [0.5, 0.6) is 5.75 Å². The highest BCUT2D eigenvalue weighted by atomic mass is 16.5. The molecule has 5 nitrogen and oxygen atoms in total. The van der Waals surface area contributed by atoms with E-state index in [9.17, 15) is 4.79 Å². The molecule has 4 heterocycles. The van der Waals surface area contributed by atoms with E-state index in [0.29, 0.717) is 30.5 Å². The lowest BCUT2D eigenvalue weighted by molar-refractivity contribution is -0.114. The number of amides is 1. The van der Waals surface area contributed by atoms with Gasteiger partial charge in [0, 0.05) is 54.7 Å². The van der Waals surface area contributed by atoms with Gasteiger partial charge in [0.25, 0.3) is 0 Å². The van der Waals surface area contributed by atoms with Gasteiger partial charge in [0.15, 0.2) is 0 Å². The number of anilines is 1. The summed E-state index contributed by atoms with van der Waals surface area (Å²) in [6.07, 6.45) is 3.31. The van der Waals surface area contributed by atoms with Crippen molar-refractivity contribution in [3.63, 3.8) is 0 Å². The molecule has 0 saturated carbocycles. The second-order valence-corrected chi connectivity index (χ2v) is 11.9. The maximum Gasteiger partial charge on any atom is 0.221 e. The smallest absolute Gasteiger partial charge is 0.221 e. The molecule has 198 valence electrons. The normalized spacial score (nSPS) is 25.2. The molecule has 1 amide bonds. The Morgan fingerprint density at radius 2 is 1.63 bits per heavy atom. The Morgan fingerprint density at radius 1 is 1.00 bits per heavy atom. The van der Waals surface area contributed by atoms with E-state index in [1.54, 1.807) is 6.92 Å². The van der Waals surface area contributed by atoms with Crippen molar-refractivity contribution in [3.8, 4) is 5.75 Å². The Labute approximate surface area is 226 Å². The number of carbonyl (C=O) groups is 1. The third kappa shape index (κ3) is 4.97. The molecule has 4 aliphatic heterocycles. The van der Waals surface area contributed by atoms with Crippen molar-refractivity contribution < 1.29 is 9.53 Å². The van der Waals surface area contributed by atoms with Crippen LogP contribution < -0.4 is 15.4 Å². The van der Waals surface area contributed by atoms with Gasteiger partial charge in [-0.05, 0) is 69.0 Å². The van der Waals surface area contributed by atoms with Gasteiger partial charge in [-0.15, -0.1) is 0 Å². The number of rotatable bonds is 7. The van der Waals surface area contributed by atoms with Crippen LogP contribution in [-0.4, -0.2) is 41.6 Å². The summed E-state index contributed by atoms with van der Waals surface area (Å²) in [4.78, 5) is 14.6. The minimum absolute atomic E-state index is 0.0481. The third-order valence-corrected chi connectivity index (χ3v) is 8.62. The first-order chi connectivity index (χ1) is 18.4. The van der Waals surface area contributed by atoms with Crippen LogP contribution >= 0.6 is 0 Å². The Balaban J connectivity index is 1.34. The molecule has 7 rings (SSSR count). The largest absolute Gasteiger partial charge is 0.487 e. The summed E-state index contributed by atoms with van der Waals surface area (Å²) in [5, 5.41) is 7.05. The monoisotopic (exact) mass is 509 g/mol. The number of piperidine rings is 3. The van der Waals surface area contributed by atoms with Gasteiger partial charge in [-0.2, -0.15) is 0 Å². The number of hydrogen-bond acceptors (Lipinski definition) is 4. The molecule has 4 aliphatic rings. The minimum Gasteiger partial charge on any atom is -0.487 e. The second kappa shape index (κ2) is 10.2. The molecule has 0 aromatic heterocycles. The average Bonchev–Trinajstić information content (AvgIpc) is 3.23. The van der Waals surface area contributed by atoms with E-state index in [4.69, 9.17) is 4.74 Å². The van der Waals surface area contributed by atoms with Crippen molar-refractivity contribution in [2.45, 2.75) is 70.2 Å². The molecule has 3 aromatic carbocycles. The Morgan fingerprint density at radius 3 is 2.24 bits per heavy atom. The van der Waals surface area contributed by atoms with Crippen molar-refractivity contribution in [3.05, 3.63) is 95.1 Å². The zero-order chi connectivity index (χ0) is 26.3. The molecule has 2 N–H and O–H groups in total. The van der Waals surface area contributed by atoms with Gasteiger partial charge in [-0.1, -0.05) is 60.7 Å². The van der Waals surface area contributed by atoms with Crippen molar-refractivity contribution in [1.29, 1.82) is 0 Å². The van der Waals surface area contributed by atoms with Crippen LogP contribution in [-0.2, 0) is 17.8 Å². The van der Waals surface area contributed by atoms with Crippen LogP contribution in [0.25, 0.3) is 0 Å². The molecule has 3 aromatic rings. The van der Waals surface area contributed by atoms with Crippen LogP contribution in [0, 0.1) is 5.92 Å². The summed E-state index contributed by atoms with van der Waals surface area (Å²) < 4.78 is 6.44. The van der Waals surface area contributed by atoms with Gasteiger partial charge in [-0.3, -0.25) is 9.69 Å². The van der Waals surface area contributed by atoms with E-state index in [1.807, 2.05) is 0 Å². The van der Waals surface area contributed by atoms with Crippen LogP contribution in [0.15, 0.2) is 72.8 Å². The summed E-state index contributed by atoms with van der Waals surface area (Å²) >= 11 is 0. The van der Waals surface area contributed by atoms with Crippen LogP contribution in [0.4, 0.5) is 5.69 Å². The Hall–Kier alpha value is -3.15. The number of fused-ring (bicyclic) bond motifs is 4. The average molecular weight is 510 g/mol. The van der Waals surface area contributed by atoms with E-state index >= 15 is 0 Å². The molecule has 0 spiro atoms. The van der Waals surface area contributed by atoms with Crippen LogP contribution in [0.3, 0.4) is 0 Å². The van der Waals surface area contributed by atoms with E-state index in [2.05, 4.69) is 102 Å². The lowest BCUT2D eigenvalue weighted by Gasteiger charge is -2.54. The molecule has 0 radical (unpaired) electrons. The molecule has 3 fully saturated rings. The zero-order valence-electron chi connectivity index (χ0n) is 22.7. The summed E-state index contributed by atoms with van der Waals surface area (Å²) in [7, 11) is 0. The van der Waals surface area contributed by atoms with Crippen LogP contribution in [0.2, 0.25) is 0 Å². The lowest BCUT2D eigenvalue weighted by Crippen LogP contribution is -2.64. The summed E-state index contributed by atoms with van der Waals surface area (Å²) in [6.45, 7) is 8.87. The van der Waals surface area contributed by atoms with Crippen molar-refractivity contribution >= 4 is 11.6 Å². The maximum atomic E-state index is 11.9. The third-order valence-electron chi connectivity index (χ3n) is 8.62. The number of ether oxygens (including phenoxy) is 1. The lowest BCUT2D eigenvalue weighted by atomic mass is 9.70.